The molecule has 108 valence electrons. The molecular weight excluding hydrogens is 243 g/mol. The Balaban J connectivity index is 0.000000200. The molecule has 1 aliphatic rings. The molecule has 1 fully saturated rings. The second-order valence-corrected chi connectivity index (χ2v) is 4.91. The van der Waals surface area contributed by atoms with E-state index in [9.17, 15) is 4.39 Å². The third-order valence-corrected chi connectivity index (χ3v) is 3.41. The van der Waals surface area contributed by atoms with Crippen molar-refractivity contribution in [3.63, 3.8) is 0 Å². The van der Waals surface area contributed by atoms with E-state index in [1.54, 1.807) is 0 Å². The van der Waals surface area contributed by atoms with Crippen LogP contribution in [0.25, 0.3) is 0 Å². The molecule has 1 aromatic heterocycles. The third kappa shape index (κ3) is 6.01. The highest BCUT2D eigenvalue weighted by molar-refractivity contribution is 5.38. The van der Waals surface area contributed by atoms with Gasteiger partial charge in [0, 0.05) is 13.2 Å². The predicted molar refractivity (Wildman–Crippen MR) is 76.4 cm³/mol. The summed E-state index contributed by atoms with van der Waals surface area (Å²) in [5, 5.41) is 0. The molecule has 4 heteroatoms. The zero-order valence-electron chi connectivity index (χ0n) is 12.0. The molecule has 1 aliphatic heterocycles. The Morgan fingerprint density at radius 2 is 2.05 bits per heavy atom. The largest absolute Gasteiger partial charge is 0.383 e. The molecule has 0 bridgehead atoms. The number of aryl methyl sites for hydroxylation is 1. The molecule has 0 saturated carbocycles. The van der Waals surface area contributed by atoms with Crippen molar-refractivity contribution >= 4 is 5.82 Å². The number of nitrogens with zero attached hydrogens (tertiary/aromatic N) is 1. The smallest absolute Gasteiger partial charge is 0.141 e. The minimum Gasteiger partial charge on any atom is -0.383 e. The first kappa shape index (κ1) is 15.9. The molecule has 0 radical (unpaired) electrons. The summed E-state index contributed by atoms with van der Waals surface area (Å²) in [5.41, 5.74) is 6.30. The van der Waals surface area contributed by atoms with Gasteiger partial charge in [0.15, 0.2) is 0 Å². The summed E-state index contributed by atoms with van der Waals surface area (Å²) < 4.78 is 17.8. The van der Waals surface area contributed by atoms with Gasteiger partial charge >= 0.3 is 0 Å². The van der Waals surface area contributed by atoms with E-state index in [1.165, 1.54) is 25.3 Å². The number of pyridine rings is 1. The zero-order valence-corrected chi connectivity index (χ0v) is 12.0. The number of anilines is 1. The fraction of sp³-hybridized carbons (Fsp3) is 0.667. The van der Waals surface area contributed by atoms with Crippen LogP contribution < -0.4 is 5.73 Å². The van der Waals surface area contributed by atoms with Gasteiger partial charge in [0.25, 0.3) is 0 Å². The van der Waals surface area contributed by atoms with Crippen LogP contribution in [-0.4, -0.2) is 18.2 Å². The highest BCUT2D eigenvalue weighted by Gasteiger charge is 2.09. The van der Waals surface area contributed by atoms with Crippen LogP contribution in [0.1, 0.15) is 45.1 Å². The molecule has 2 N–H and O–H groups in total. The Labute approximate surface area is 115 Å². The Morgan fingerprint density at radius 3 is 2.58 bits per heavy atom. The van der Waals surface area contributed by atoms with Crippen LogP contribution in [-0.2, 0) is 11.2 Å². The summed E-state index contributed by atoms with van der Waals surface area (Å²) in [6.45, 7) is 6.28. The van der Waals surface area contributed by atoms with Gasteiger partial charge in [0.1, 0.15) is 11.6 Å². The molecule has 2 heterocycles. The quantitative estimate of drug-likeness (QED) is 0.911. The Hall–Kier alpha value is -1.16. The van der Waals surface area contributed by atoms with E-state index in [1.807, 2.05) is 6.92 Å². The molecule has 3 nitrogen and oxygen atoms in total. The van der Waals surface area contributed by atoms with Gasteiger partial charge in [-0.2, -0.15) is 0 Å². The summed E-state index contributed by atoms with van der Waals surface area (Å²) in [7, 11) is 0. The van der Waals surface area contributed by atoms with Gasteiger partial charge in [-0.15, -0.1) is 0 Å². The molecule has 0 aliphatic carbocycles. The summed E-state index contributed by atoms with van der Waals surface area (Å²) >= 11 is 0. The number of hydrogen-bond donors (Lipinski definition) is 1. The fourth-order valence-corrected chi connectivity index (χ4v) is 2.12. The Morgan fingerprint density at radius 1 is 1.37 bits per heavy atom. The van der Waals surface area contributed by atoms with Gasteiger partial charge in [-0.3, -0.25) is 0 Å². The summed E-state index contributed by atoms with van der Waals surface area (Å²) in [6, 6.07) is 1.44. The number of halogens is 1. The van der Waals surface area contributed by atoms with E-state index in [4.69, 9.17) is 10.5 Å². The maximum Gasteiger partial charge on any atom is 0.141 e. The maximum atomic E-state index is 12.6. The van der Waals surface area contributed by atoms with Crippen LogP contribution >= 0.6 is 0 Å². The number of rotatable bonds is 3. The van der Waals surface area contributed by atoms with Crippen molar-refractivity contribution in [2.45, 2.75) is 46.0 Å². The summed E-state index contributed by atoms with van der Waals surface area (Å²) in [4.78, 5) is 3.70. The van der Waals surface area contributed by atoms with Crippen molar-refractivity contribution in [2.24, 2.45) is 5.92 Å². The molecule has 0 amide bonds. The maximum absolute atomic E-state index is 12.6. The second-order valence-electron chi connectivity index (χ2n) is 4.91. The van der Waals surface area contributed by atoms with Crippen molar-refractivity contribution in [1.82, 2.24) is 4.98 Å². The third-order valence-electron chi connectivity index (χ3n) is 3.41. The molecule has 1 saturated heterocycles. The Kier molecular flexibility index (Phi) is 7.41. The average molecular weight is 268 g/mol. The topological polar surface area (TPSA) is 48.1 Å². The van der Waals surface area contributed by atoms with Crippen LogP contribution in [0.15, 0.2) is 12.3 Å². The van der Waals surface area contributed by atoms with E-state index in [0.717, 1.165) is 43.7 Å². The molecule has 0 spiro atoms. The minimum atomic E-state index is -0.317. The predicted octanol–water partition coefficient (Wildman–Crippen LogP) is 3.58. The molecule has 2 rings (SSSR count). The van der Waals surface area contributed by atoms with Crippen molar-refractivity contribution in [3.8, 4) is 0 Å². The molecule has 0 unspecified atom stereocenters. The normalized spacial score (nSPS) is 15.7. The highest BCUT2D eigenvalue weighted by atomic mass is 19.1. The molecular formula is C15H25FN2O. The lowest BCUT2D eigenvalue weighted by molar-refractivity contribution is 0.0654. The van der Waals surface area contributed by atoms with Gasteiger partial charge in [-0.05, 0) is 36.8 Å². The van der Waals surface area contributed by atoms with Crippen LogP contribution in [0, 0.1) is 11.7 Å². The monoisotopic (exact) mass is 268 g/mol. The van der Waals surface area contributed by atoms with Crippen molar-refractivity contribution in [2.75, 3.05) is 18.9 Å². The number of aromatic nitrogens is 1. The Bertz CT molecular complexity index is 365. The minimum absolute atomic E-state index is 0.317. The molecule has 0 aromatic carbocycles. The fourth-order valence-electron chi connectivity index (χ4n) is 2.12. The van der Waals surface area contributed by atoms with Crippen LogP contribution in [0.4, 0.5) is 10.2 Å². The lowest BCUT2D eigenvalue weighted by Crippen LogP contribution is -2.14. The highest BCUT2D eigenvalue weighted by Crippen LogP contribution is 2.16. The van der Waals surface area contributed by atoms with Crippen molar-refractivity contribution < 1.29 is 9.13 Å². The van der Waals surface area contributed by atoms with E-state index >= 15 is 0 Å². The summed E-state index contributed by atoms with van der Waals surface area (Å²) in [5.74, 6) is 1.08. The van der Waals surface area contributed by atoms with E-state index in [-0.39, 0.29) is 5.82 Å². The second kappa shape index (κ2) is 8.86. The van der Waals surface area contributed by atoms with Gasteiger partial charge in [0.05, 0.1) is 6.20 Å². The average Bonchev–Trinajstić information content (AvgIpc) is 2.45. The number of nitrogens with two attached hydrogens (primary N) is 1. The molecule has 1 aromatic rings. The van der Waals surface area contributed by atoms with Crippen LogP contribution in [0.5, 0.6) is 0 Å². The number of hydrogen-bond acceptors (Lipinski definition) is 3. The first-order valence-corrected chi connectivity index (χ1v) is 7.15. The first-order chi connectivity index (χ1) is 9.17. The first-order valence-electron chi connectivity index (χ1n) is 7.15. The van der Waals surface area contributed by atoms with Crippen molar-refractivity contribution in [3.05, 3.63) is 23.6 Å². The van der Waals surface area contributed by atoms with Gasteiger partial charge in [-0.25, -0.2) is 9.37 Å². The SMILES string of the molecule is CCC1CCOCC1.CCCc1cc(F)cnc1N. The van der Waals surface area contributed by atoms with E-state index in [0.29, 0.717) is 5.82 Å². The van der Waals surface area contributed by atoms with Crippen molar-refractivity contribution in [1.29, 1.82) is 0 Å². The molecule has 0 atom stereocenters. The zero-order chi connectivity index (χ0) is 14.1. The number of ether oxygens (including phenoxy) is 1. The lowest BCUT2D eigenvalue weighted by Gasteiger charge is -2.19. The lowest BCUT2D eigenvalue weighted by atomic mass is 9.98. The van der Waals surface area contributed by atoms with Crippen LogP contribution in [0.2, 0.25) is 0 Å². The van der Waals surface area contributed by atoms with Gasteiger partial charge in [-0.1, -0.05) is 26.7 Å². The molecule has 19 heavy (non-hydrogen) atoms. The van der Waals surface area contributed by atoms with Gasteiger partial charge < -0.3 is 10.5 Å². The summed E-state index contributed by atoms with van der Waals surface area (Å²) in [6.07, 6.45) is 6.79. The van der Waals surface area contributed by atoms with Gasteiger partial charge in [0.2, 0.25) is 0 Å². The number of nitrogen functional groups attached to an aromatic ring is 1. The van der Waals surface area contributed by atoms with Crippen LogP contribution in [0.3, 0.4) is 0 Å². The van der Waals surface area contributed by atoms with E-state index < -0.39 is 0 Å². The standard InChI is InChI=1S/C8H11FN2.C7H14O/c1-2-3-6-4-7(9)5-11-8(6)10;1-2-7-3-5-8-6-4-7/h4-5H,2-3H2,1H3,(H2,10,11);7H,2-6H2,1H3. The van der Waals surface area contributed by atoms with E-state index in [2.05, 4.69) is 11.9 Å².